The Morgan fingerprint density at radius 3 is 2.17 bits per heavy atom. The molecule has 0 heterocycles. The number of hydrogen-bond acceptors (Lipinski definition) is 5. The number of nitro groups is 1. The van der Waals surface area contributed by atoms with E-state index in [1.54, 1.807) is 0 Å². The van der Waals surface area contributed by atoms with E-state index < -0.39 is 31.7 Å². The summed E-state index contributed by atoms with van der Waals surface area (Å²) in [5.41, 5.74) is 0.00418. The van der Waals surface area contributed by atoms with Crippen LogP contribution >= 0.6 is 0 Å². The zero-order valence-electron chi connectivity index (χ0n) is 12.5. The summed E-state index contributed by atoms with van der Waals surface area (Å²) in [4.78, 5) is 21.8. The molecule has 0 aliphatic carbocycles. The number of amides is 1. The lowest BCUT2D eigenvalue weighted by atomic mass is 10.3. The molecule has 0 aliphatic heterocycles. The van der Waals surface area contributed by atoms with Gasteiger partial charge in [0.25, 0.3) is 5.69 Å². The Hall–Kier alpha value is -2.81. The maximum Gasteiger partial charge on any atom is 0.269 e. The van der Waals surface area contributed by atoms with Crippen molar-refractivity contribution in [3.8, 4) is 0 Å². The number of carbonyl (C=O) groups is 1. The number of benzene rings is 2. The van der Waals surface area contributed by atoms with E-state index in [1.807, 2.05) is 0 Å². The third kappa shape index (κ3) is 3.74. The molecular weight excluding hydrogens is 339 g/mol. The predicted molar refractivity (Wildman–Crippen MR) is 84.8 cm³/mol. The fourth-order valence-electron chi connectivity index (χ4n) is 1.88. The highest BCUT2D eigenvalue weighted by Gasteiger charge is 2.30. The first-order valence-electron chi connectivity index (χ1n) is 6.76. The number of nitro benzene ring substituents is 1. The van der Waals surface area contributed by atoms with E-state index >= 15 is 0 Å². The summed E-state index contributed by atoms with van der Waals surface area (Å²) in [7, 11) is -4.02. The standard InChI is InChI=1S/C15H13FN2O5S/c1-10(15(19)17-12-4-2-11(16)3-5-12)24(22,23)14-8-6-13(7-9-14)18(20)21/h2-10H,1H3,(H,17,19). The highest BCUT2D eigenvalue weighted by atomic mass is 32.2. The van der Waals surface area contributed by atoms with Crippen LogP contribution in [0.15, 0.2) is 53.4 Å². The van der Waals surface area contributed by atoms with Gasteiger partial charge in [0.05, 0.1) is 9.82 Å². The monoisotopic (exact) mass is 352 g/mol. The van der Waals surface area contributed by atoms with Gasteiger partial charge in [-0.1, -0.05) is 0 Å². The molecule has 1 amide bonds. The van der Waals surface area contributed by atoms with E-state index in [0.717, 1.165) is 36.4 Å². The van der Waals surface area contributed by atoms with Gasteiger partial charge in [0, 0.05) is 17.8 Å². The lowest BCUT2D eigenvalue weighted by molar-refractivity contribution is -0.384. The molecule has 0 spiro atoms. The molecule has 0 saturated carbocycles. The van der Waals surface area contributed by atoms with Crippen LogP contribution in [0.1, 0.15) is 6.92 Å². The van der Waals surface area contributed by atoms with E-state index in [0.29, 0.717) is 0 Å². The van der Waals surface area contributed by atoms with Gasteiger partial charge in [-0.25, -0.2) is 12.8 Å². The summed E-state index contributed by atoms with van der Waals surface area (Å²) in [5, 5.41) is 11.6. The van der Waals surface area contributed by atoms with Crippen molar-refractivity contribution in [3.63, 3.8) is 0 Å². The second kappa shape index (κ2) is 6.75. The van der Waals surface area contributed by atoms with Gasteiger partial charge in [-0.05, 0) is 43.3 Å². The van der Waals surface area contributed by atoms with Crippen LogP contribution in [0.4, 0.5) is 15.8 Å². The van der Waals surface area contributed by atoms with Crippen molar-refractivity contribution in [2.45, 2.75) is 17.1 Å². The molecule has 0 radical (unpaired) electrons. The number of non-ortho nitro benzene ring substituents is 1. The lowest BCUT2D eigenvalue weighted by Crippen LogP contribution is -2.32. The molecule has 2 aromatic carbocycles. The minimum absolute atomic E-state index is 0.199. The molecule has 126 valence electrons. The smallest absolute Gasteiger partial charge is 0.269 e. The van der Waals surface area contributed by atoms with Crippen molar-refractivity contribution in [2.24, 2.45) is 0 Å². The third-order valence-corrected chi connectivity index (χ3v) is 5.40. The Labute approximate surface area is 137 Å². The molecule has 0 aliphatic rings. The first-order chi connectivity index (χ1) is 11.2. The zero-order valence-corrected chi connectivity index (χ0v) is 13.3. The number of nitrogens with one attached hydrogen (secondary N) is 1. The quantitative estimate of drug-likeness (QED) is 0.657. The van der Waals surface area contributed by atoms with Crippen molar-refractivity contribution in [1.82, 2.24) is 0 Å². The largest absolute Gasteiger partial charge is 0.325 e. The summed E-state index contributed by atoms with van der Waals surface area (Å²) in [5.74, 6) is -1.28. The van der Waals surface area contributed by atoms with Gasteiger partial charge in [0.15, 0.2) is 9.84 Å². The molecular formula is C15H13FN2O5S. The predicted octanol–water partition coefficient (Wildman–Crippen LogP) is 2.53. The van der Waals surface area contributed by atoms with Crippen LogP contribution in [0.3, 0.4) is 0 Å². The first-order valence-corrected chi connectivity index (χ1v) is 8.31. The SMILES string of the molecule is CC(C(=O)Nc1ccc(F)cc1)S(=O)(=O)c1ccc([N+](=O)[O-])cc1. The minimum Gasteiger partial charge on any atom is -0.325 e. The average Bonchev–Trinajstić information content (AvgIpc) is 2.56. The van der Waals surface area contributed by atoms with Crippen molar-refractivity contribution in [2.75, 3.05) is 5.32 Å². The summed E-state index contributed by atoms with van der Waals surface area (Å²) in [6, 6.07) is 9.13. The van der Waals surface area contributed by atoms with Crippen LogP contribution in [0, 0.1) is 15.9 Å². The molecule has 2 aromatic rings. The van der Waals surface area contributed by atoms with Crippen molar-refractivity contribution in [1.29, 1.82) is 0 Å². The Bertz CT molecular complexity index is 864. The Kier molecular flexibility index (Phi) is 4.93. The molecule has 2 rings (SSSR count). The van der Waals surface area contributed by atoms with Crippen LogP contribution in [0.2, 0.25) is 0 Å². The first kappa shape index (κ1) is 17.5. The summed E-state index contributed by atoms with van der Waals surface area (Å²) < 4.78 is 37.6. The Morgan fingerprint density at radius 2 is 1.67 bits per heavy atom. The molecule has 1 N–H and O–H groups in total. The highest BCUT2D eigenvalue weighted by molar-refractivity contribution is 7.92. The summed E-state index contributed by atoms with van der Waals surface area (Å²) in [6.45, 7) is 1.20. The summed E-state index contributed by atoms with van der Waals surface area (Å²) >= 11 is 0. The molecule has 9 heteroatoms. The van der Waals surface area contributed by atoms with E-state index in [1.165, 1.54) is 19.1 Å². The van der Waals surface area contributed by atoms with Crippen molar-refractivity contribution < 1.29 is 22.5 Å². The van der Waals surface area contributed by atoms with Crippen molar-refractivity contribution in [3.05, 3.63) is 64.5 Å². The zero-order chi connectivity index (χ0) is 17.9. The number of halogens is 1. The molecule has 0 bridgehead atoms. The average molecular weight is 352 g/mol. The van der Waals surface area contributed by atoms with Gasteiger partial charge in [0.2, 0.25) is 5.91 Å². The molecule has 0 saturated heterocycles. The maximum atomic E-state index is 12.8. The second-order valence-corrected chi connectivity index (χ2v) is 7.20. The second-order valence-electron chi connectivity index (χ2n) is 4.93. The number of anilines is 1. The van der Waals surface area contributed by atoms with Crippen LogP contribution in [-0.4, -0.2) is 24.5 Å². The Balaban J connectivity index is 2.19. The minimum atomic E-state index is -4.02. The molecule has 0 aromatic heterocycles. The van der Waals surface area contributed by atoms with Gasteiger partial charge < -0.3 is 5.32 Å². The Morgan fingerprint density at radius 1 is 1.12 bits per heavy atom. The molecule has 1 atom stereocenters. The molecule has 1 unspecified atom stereocenters. The maximum absolute atomic E-state index is 12.8. The molecule has 0 fully saturated rings. The van der Waals surface area contributed by atoms with E-state index in [2.05, 4.69) is 5.32 Å². The van der Waals surface area contributed by atoms with Gasteiger partial charge in [-0.3, -0.25) is 14.9 Å². The third-order valence-electron chi connectivity index (χ3n) is 3.32. The highest BCUT2D eigenvalue weighted by Crippen LogP contribution is 2.21. The molecule has 7 nitrogen and oxygen atoms in total. The fourth-order valence-corrected chi connectivity index (χ4v) is 3.14. The van der Waals surface area contributed by atoms with E-state index in [9.17, 15) is 27.7 Å². The van der Waals surface area contributed by atoms with E-state index in [4.69, 9.17) is 0 Å². The van der Waals surface area contributed by atoms with Gasteiger partial charge in [-0.15, -0.1) is 0 Å². The number of sulfone groups is 1. The van der Waals surface area contributed by atoms with Crippen LogP contribution in [0.25, 0.3) is 0 Å². The fraction of sp³-hybridized carbons (Fsp3) is 0.133. The van der Waals surface area contributed by atoms with Crippen LogP contribution in [0.5, 0.6) is 0 Å². The topological polar surface area (TPSA) is 106 Å². The van der Waals surface area contributed by atoms with Gasteiger partial charge in [0.1, 0.15) is 11.1 Å². The van der Waals surface area contributed by atoms with Crippen LogP contribution < -0.4 is 5.32 Å². The number of rotatable bonds is 5. The lowest BCUT2D eigenvalue weighted by Gasteiger charge is -2.13. The number of nitrogens with zero attached hydrogens (tertiary/aromatic N) is 1. The number of hydrogen-bond donors (Lipinski definition) is 1. The van der Waals surface area contributed by atoms with Crippen LogP contribution in [-0.2, 0) is 14.6 Å². The van der Waals surface area contributed by atoms with Gasteiger partial charge in [-0.2, -0.15) is 0 Å². The normalized spacial score (nSPS) is 12.4. The van der Waals surface area contributed by atoms with Gasteiger partial charge >= 0.3 is 0 Å². The number of carbonyl (C=O) groups excluding carboxylic acids is 1. The van der Waals surface area contributed by atoms with E-state index in [-0.39, 0.29) is 16.3 Å². The summed E-state index contributed by atoms with van der Waals surface area (Å²) in [6.07, 6.45) is 0. The molecule has 24 heavy (non-hydrogen) atoms. The van der Waals surface area contributed by atoms with Crippen molar-refractivity contribution >= 4 is 27.1 Å².